The van der Waals surface area contributed by atoms with Gasteiger partial charge in [0.25, 0.3) is 0 Å². The van der Waals surface area contributed by atoms with E-state index in [2.05, 4.69) is 6.58 Å². The second kappa shape index (κ2) is 6.25. The molecule has 1 unspecified atom stereocenters. The Balaban J connectivity index is 0. The SMILES string of the molecule is C=CC(O)CO.O=S(=O)(O)O. The summed E-state index contributed by atoms with van der Waals surface area (Å²) >= 11 is 0. The average molecular weight is 186 g/mol. The molecule has 0 spiro atoms. The van der Waals surface area contributed by atoms with E-state index in [1.165, 1.54) is 6.08 Å². The van der Waals surface area contributed by atoms with E-state index in [1.807, 2.05) is 0 Å². The minimum atomic E-state index is -4.67. The van der Waals surface area contributed by atoms with Crippen LogP contribution in [-0.2, 0) is 10.4 Å². The maximum Gasteiger partial charge on any atom is 0.394 e. The summed E-state index contributed by atoms with van der Waals surface area (Å²) < 4.78 is 31.6. The second-order valence-corrected chi connectivity index (χ2v) is 2.33. The maximum atomic E-state index is 8.74. The molecule has 0 radical (unpaired) electrons. The van der Waals surface area contributed by atoms with Crippen LogP contribution in [0.4, 0.5) is 0 Å². The van der Waals surface area contributed by atoms with E-state index in [-0.39, 0.29) is 6.61 Å². The first-order chi connectivity index (χ1) is 4.81. The molecule has 0 rings (SSSR count). The van der Waals surface area contributed by atoms with Gasteiger partial charge in [0.05, 0.1) is 12.7 Å². The molecule has 0 aliphatic rings. The zero-order chi connectivity index (χ0) is 9.49. The summed E-state index contributed by atoms with van der Waals surface area (Å²) in [5.74, 6) is 0. The van der Waals surface area contributed by atoms with E-state index in [1.54, 1.807) is 0 Å². The van der Waals surface area contributed by atoms with Gasteiger partial charge < -0.3 is 10.2 Å². The normalized spacial score (nSPS) is 12.7. The van der Waals surface area contributed by atoms with Gasteiger partial charge in [-0.15, -0.1) is 6.58 Å². The molecule has 0 bridgehead atoms. The van der Waals surface area contributed by atoms with Crippen molar-refractivity contribution in [2.24, 2.45) is 0 Å². The molecule has 0 aromatic carbocycles. The zero-order valence-electron chi connectivity index (χ0n) is 5.58. The van der Waals surface area contributed by atoms with Crippen LogP contribution in [-0.4, -0.2) is 40.4 Å². The van der Waals surface area contributed by atoms with Crippen LogP contribution in [0.5, 0.6) is 0 Å². The first kappa shape index (κ1) is 13.1. The Kier molecular flexibility index (Phi) is 7.47. The van der Waals surface area contributed by atoms with Crippen molar-refractivity contribution in [3.05, 3.63) is 12.7 Å². The van der Waals surface area contributed by atoms with Gasteiger partial charge in [-0.3, -0.25) is 9.11 Å². The van der Waals surface area contributed by atoms with Crippen molar-refractivity contribution in [1.29, 1.82) is 0 Å². The highest BCUT2D eigenvalue weighted by molar-refractivity contribution is 7.79. The zero-order valence-corrected chi connectivity index (χ0v) is 6.40. The fraction of sp³-hybridized carbons (Fsp3) is 0.500. The quantitative estimate of drug-likeness (QED) is 0.320. The van der Waals surface area contributed by atoms with Crippen molar-refractivity contribution in [2.75, 3.05) is 6.61 Å². The molecular weight excluding hydrogens is 176 g/mol. The van der Waals surface area contributed by atoms with Crippen LogP contribution in [0, 0.1) is 0 Å². The minimum absolute atomic E-state index is 0.233. The Hall–Kier alpha value is -0.470. The fourth-order valence-corrected chi connectivity index (χ4v) is 0.0745. The first-order valence-electron chi connectivity index (χ1n) is 2.42. The van der Waals surface area contributed by atoms with Gasteiger partial charge in [-0.25, -0.2) is 0 Å². The number of rotatable bonds is 2. The third-order valence-corrected chi connectivity index (χ3v) is 0.459. The van der Waals surface area contributed by atoms with E-state index in [9.17, 15) is 0 Å². The number of aliphatic hydroxyl groups excluding tert-OH is 2. The molecule has 0 amide bonds. The van der Waals surface area contributed by atoms with Crippen LogP contribution in [0.2, 0.25) is 0 Å². The summed E-state index contributed by atoms with van der Waals surface area (Å²) in [6.45, 7) is 2.99. The van der Waals surface area contributed by atoms with Gasteiger partial charge in [-0.05, 0) is 0 Å². The van der Waals surface area contributed by atoms with Crippen LogP contribution in [0.1, 0.15) is 0 Å². The Morgan fingerprint density at radius 3 is 1.73 bits per heavy atom. The third-order valence-electron chi connectivity index (χ3n) is 0.459. The highest BCUT2D eigenvalue weighted by Crippen LogP contribution is 1.75. The molecule has 0 aliphatic heterocycles. The van der Waals surface area contributed by atoms with E-state index in [4.69, 9.17) is 27.7 Å². The maximum absolute atomic E-state index is 8.74. The standard InChI is InChI=1S/C4H8O2.H2O4S/c1-2-4(6)3-5;1-5(2,3)4/h2,4-6H,1,3H2;(H2,1,2,3,4). The predicted molar refractivity (Wildman–Crippen MR) is 37.5 cm³/mol. The molecule has 0 fully saturated rings. The number of aliphatic hydroxyl groups is 2. The van der Waals surface area contributed by atoms with Crippen molar-refractivity contribution in [3.8, 4) is 0 Å². The lowest BCUT2D eigenvalue weighted by Crippen LogP contribution is -2.05. The van der Waals surface area contributed by atoms with Crippen molar-refractivity contribution >= 4 is 10.4 Å². The lowest BCUT2D eigenvalue weighted by molar-refractivity contribution is 0.131. The van der Waals surface area contributed by atoms with Gasteiger partial charge in [0.15, 0.2) is 0 Å². The lowest BCUT2D eigenvalue weighted by Gasteiger charge is -1.93. The van der Waals surface area contributed by atoms with Gasteiger partial charge in [0.2, 0.25) is 0 Å². The Labute approximate surface area is 64.4 Å². The van der Waals surface area contributed by atoms with Crippen LogP contribution >= 0.6 is 0 Å². The minimum Gasteiger partial charge on any atom is -0.393 e. The molecule has 0 aliphatic carbocycles. The van der Waals surface area contributed by atoms with Gasteiger partial charge in [0, 0.05) is 0 Å². The highest BCUT2D eigenvalue weighted by atomic mass is 32.3. The molecule has 0 saturated heterocycles. The highest BCUT2D eigenvalue weighted by Gasteiger charge is 1.87. The molecule has 1 atom stereocenters. The summed E-state index contributed by atoms with van der Waals surface area (Å²) in [4.78, 5) is 0. The topological polar surface area (TPSA) is 115 Å². The van der Waals surface area contributed by atoms with Crippen LogP contribution in [0.15, 0.2) is 12.7 Å². The summed E-state index contributed by atoms with van der Waals surface area (Å²) in [5.41, 5.74) is 0. The molecule has 0 aromatic rings. The van der Waals surface area contributed by atoms with Crippen LogP contribution in [0.25, 0.3) is 0 Å². The summed E-state index contributed by atoms with van der Waals surface area (Å²) in [7, 11) is -4.67. The van der Waals surface area contributed by atoms with Crippen LogP contribution < -0.4 is 0 Å². The smallest absolute Gasteiger partial charge is 0.393 e. The monoisotopic (exact) mass is 186 g/mol. The lowest BCUT2D eigenvalue weighted by atomic mass is 10.4. The molecule has 68 valence electrons. The molecule has 4 N–H and O–H groups in total. The van der Waals surface area contributed by atoms with E-state index >= 15 is 0 Å². The predicted octanol–water partition coefficient (Wildman–Crippen LogP) is -1.13. The largest absolute Gasteiger partial charge is 0.394 e. The number of hydrogen-bond donors (Lipinski definition) is 4. The summed E-state index contributed by atoms with van der Waals surface area (Å²) in [6, 6.07) is 0. The van der Waals surface area contributed by atoms with E-state index < -0.39 is 16.5 Å². The van der Waals surface area contributed by atoms with E-state index in [0.29, 0.717) is 0 Å². The average Bonchev–Trinajstić information content (AvgIpc) is 1.83. The second-order valence-electron chi connectivity index (χ2n) is 1.43. The Morgan fingerprint density at radius 2 is 1.73 bits per heavy atom. The third kappa shape index (κ3) is 43.4. The Bertz CT molecular complexity index is 175. The van der Waals surface area contributed by atoms with Gasteiger partial charge in [0.1, 0.15) is 0 Å². The van der Waals surface area contributed by atoms with Gasteiger partial charge in [-0.2, -0.15) is 8.42 Å². The Morgan fingerprint density at radius 1 is 1.45 bits per heavy atom. The molecule has 0 heterocycles. The van der Waals surface area contributed by atoms with Crippen molar-refractivity contribution in [2.45, 2.75) is 6.10 Å². The van der Waals surface area contributed by atoms with Crippen LogP contribution in [0.3, 0.4) is 0 Å². The summed E-state index contributed by atoms with van der Waals surface area (Å²) in [5, 5.41) is 16.3. The summed E-state index contributed by atoms with van der Waals surface area (Å²) in [6.07, 6.45) is 0.532. The number of hydrogen-bond acceptors (Lipinski definition) is 4. The molecule has 7 heteroatoms. The molecule has 11 heavy (non-hydrogen) atoms. The van der Waals surface area contributed by atoms with Gasteiger partial charge >= 0.3 is 10.4 Å². The molecule has 0 aromatic heterocycles. The fourth-order valence-electron chi connectivity index (χ4n) is 0.0745. The first-order valence-corrected chi connectivity index (χ1v) is 3.82. The van der Waals surface area contributed by atoms with Gasteiger partial charge in [-0.1, -0.05) is 6.08 Å². The molecule has 0 saturated carbocycles. The van der Waals surface area contributed by atoms with Crippen molar-refractivity contribution < 1.29 is 27.7 Å². The van der Waals surface area contributed by atoms with E-state index in [0.717, 1.165) is 0 Å². The van der Waals surface area contributed by atoms with Crippen molar-refractivity contribution in [1.82, 2.24) is 0 Å². The molecular formula is C4H10O6S. The van der Waals surface area contributed by atoms with Crippen molar-refractivity contribution in [3.63, 3.8) is 0 Å². The molecule has 6 nitrogen and oxygen atoms in total.